The van der Waals surface area contributed by atoms with Crippen LogP contribution >= 0.6 is 11.3 Å². The molecule has 17 heavy (non-hydrogen) atoms. The lowest BCUT2D eigenvalue weighted by atomic mass is 9.70. The molecular weight excluding hydrogens is 240 g/mol. The van der Waals surface area contributed by atoms with Gasteiger partial charge in [-0.3, -0.25) is 9.59 Å². The third kappa shape index (κ3) is 2.07. The van der Waals surface area contributed by atoms with Crippen molar-refractivity contribution in [1.82, 2.24) is 0 Å². The van der Waals surface area contributed by atoms with Gasteiger partial charge < -0.3 is 10.2 Å². The highest BCUT2D eigenvalue weighted by atomic mass is 32.1. The van der Waals surface area contributed by atoms with Gasteiger partial charge in [0.1, 0.15) is 0 Å². The van der Waals surface area contributed by atoms with Crippen LogP contribution < -0.4 is 0 Å². The molecule has 0 spiro atoms. The summed E-state index contributed by atoms with van der Waals surface area (Å²) < 4.78 is 0. The smallest absolute Gasteiger partial charge is 0.314 e. The largest absolute Gasteiger partial charge is 0.481 e. The highest BCUT2D eigenvalue weighted by molar-refractivity contribution is 7.10. The molecule has 92 valence electrons. The minimum Gasteiger partial charge on any atom is -0.481 e. The molecule has 0 bridgehead atoms. The summed E-state index contributed by atoms with van der Waals surface area (Å²) in [6, 6.07) is 1.84. The second-order valence-electron chi connectivity index (χ2n) is 4.39. The first kappa shape index (κ1) is 12.1. The number of hydrogen-bond acceptors (Lipinski definition) is 3. The lowest BCUT2D eigenvalue weighted by molar-refractivity contribution is -0.145. The van der Waals surface area contributed by atoms with Crippen LogP contribution in [0.5, 0.6) is 0 Å². The van der Waals surface area contributed by atoms with E-state index in [0.717, 1.165) is 23.3 Å². The van der Waals surface area contributed by atoms with Gasteiger partial charge in [-0.1, -0.05) is 0 Å². The standard InChI is InChI=1S/C12H14O4S/c13-10(14)3-6-12(11(15)16)5-1-2-9-8(12)4-7-17-9/h4,7H,1-3,5-6H2,(H,13,14)(H,15,16). The Morgan fingerprint density at radius 2 is 2.18 bits per heavy atom. The molecule has 1 unspecified atom stereocenters. The SMILES string of the molecule is O=C(O)CCC1(C(=O)O)CCCc2sccc21. The molecular formula is C12H14O4S. The van der Waals surface area contributed by atoms with Crippen molar-refractivity contribution in [2.75, 3.05) is 0 Å². The average molecular weight is 254 g/mol. The van der Waals surface area contributed by atoms with Gasteiger partial charge in [-0.25, -0.2) is 0 Å². The first-order chi connectivity index (χ1) is 8.06. The number of aryl methyl sites for hydroxylation is 1. The van der Waals surface area contributed by atoms with Gasteiger partial charge in [-0.15, -0.1) is 11.3 Å². The van der Waals surface area contributed by atoms with Crippen LogP contribution in [0, 0.1) is 0 Å². The van der Waals surface area contributed by atoms with Gasteiger partial charge >= 0.3 is 11.9 Å². The lowest BCUT2D eigenvalue weighted by Gasteiger charge is -2.33. The van der Waals surface area contributed by atoms with Crippen molar-refractivity contribution in [2.45, 2.75) is 37.5 Å². The number of thiophene rings is 1. The van der Waals surface area contributed by atoms with Gasteiger partial charge in [-0.05, 0) is 42.7 Å². The summed E-state index contributed by atoms with van der Waals surface area (Å²) in [4.78, 5) is 23.3. The maximum Gasteiger partial charge on any atom is 0.314 e. The molecule has 1 aromatic heterocycles. The van der Waals surface area contributed by atoms with E-state index in [2.05, 4.69) is 0 Å². The van der Waals surface area contributed by atoms with E-state index >= 15 is 0 Å². The summed E-state index contributed by atoms with van der Waals surface area (Å²) in [5, 5.41) is 20.1. The molecule has 2 N–H and O–H groups in total. The highest BCUT2D eigenvalue weighted by Crippen LogP contribution is 2.43. The normalized spacial score (nSPS) is 23.1. The zero-order valence-electron chi connectivity index (χ0n) is 9.31. The molecule has 2 rings (SSSR count). The van der Waals surface area contributed by atoms with Crippen LogP contribution in [-0.2, 0) is 21.4 Å². The Morgan fingerprint density at radius 3 is 2.82 bits per heavy atom. The predicted octanol–water partition coefficient (Wildman–Crippen LogP) is 2.27. The molecule has 1 aromatic rings. The van der Waals surface area contributed by atoms with E-state index in [-0.39, 0.29) is 12.8 Å². The number of fused-ring (bicyclic) bond motifs is 1. The minimum atomic E-state index is -0.980. The molecule has 1 aliphatic carbocycles. The number of aliphatic carboxylic acids is 2. The molecule has 0 aliphatic heterocycles. The maximum absolute atomic E-state index is 11.6. The second kappa shape index (κ2) is 4.49. The van der Waals surface area contributed by atoms with Crippen molar-refractivity contribution < 1.29 is 19.8 Å². The fourth-order valence-electron chi connectivity index (χ4n) is 2.56. The Bertz CT molecular complexity index is 451. The topological polar surface area (TPSA) is 74.6 Å². The molecule has 0 saturated heterocycles. The Hall–Kier alpha value is -1.36. The minimum absolute atomic E-state index is 0.0956. The van der Waals surface area contributed by atoms with Crippen molar-refractivity contribution in [1.29, 1.82) is 0 Å². The summed E-state index contributed by atoms with van der Waals surface area (Å²) in [5.74, 6) is -1.83. The molecule has 0 amide bonds. The zero-order chi connectivity index (χ0) is 12.5. The van der Waals surface area contributed by atoms with Gasteiger partial charge in [-0.2, -0.15) is 0 Å². The van der Waals surface area contributed by atoms with Crippen LogP contribution in [-0.4, -0.2) is 22.2 Å². The lowest BCUT2D eigenvalue weighted by Crippen LogP contribution is -2.39. The highest BCUT2D eigenvalue weighted by Gasteiger charge is 2.44. The summed E-state index contributed by atoms with van der Waals surface area (Å²) in [7, 11) is 0. The number of carboxylic acid groups (broad SMARTS) is 2. The van der Waals surface area contributed by atoms with Crippen LogP contribution in [0.4, 0.5) is 0 Å². The van der Waals surface area contributed by atoms with E-state index in [0.29, 0.717) is 6.42 Å². The number of carbonyl (C=O) groups is 2. The van der Waals surface area contributed by atoms with Gasteiger partial charge in [0.15, 0.2) is 0 Å². The fraction of sp³-hybridized carbons (Fsp3) is 0.500. The van der Waals surface area contributed by atoms with Gasteiger partial charge in [0.05, 0.1) is 5.41 Å². The van der Waals surface area contributed by atoms with Crippen LogP contribution in [0.15, 0.2) is 11.4 Å². The van der Waals surface area contributed by atoms with E-state index in [1.807, 2.05) is 11.4 Å². The third-order valence-corrected chi connectivity index (χ3v) is 4.42. The van der Waals surface area contributed by atoms with Gasteiger partial charge in [0, 0.05) is 11.3 Å². The molecule has 1 atom stereocenters. The van der Waals surface area contributed by atoms with Crippen molar-refractivity contribution in [2.24, 2.45) is 0 Å². The van der Waals surface area contributed by atoms with Crippen LogP contribution in [0.1, 0.15) is 36.1 Å². The quantitative estimate of drug-likeness (QED) is 0.864. The van der Waals surface area contributed by atoms with Crippen molar-refractivity contribution in [3.8, 4) is 0 Å². The average Bonchev–Trinajstić information content (AvgIpc) is 2.74. The van der Waals surface area contributed by atoms with Gasteiger partial charge in [0.25, 0.3) is 0 Å². The van der Waals surface area contributed by atoms with E-state index in [1.54, 1.807) is 11.3 Å². The van der Waals surface area contributed by atoms with Crippen molar-refractivity contribution in [3.05, 3.63) is 21.9 Å². The molecule has 0 radical (unpaired) electrons. The Morgan fingerprint density at radius 1 is 1.41 bits per heavy atom. The number of carboxylic acids is 2. The van der Waals surface area contributed by atoms with E-state index < -0.39 is 17.4 Å². The number of rotatable bonds is 4. The fourth-order valence-corrected chi connectivity index (χ4v) is 3.58. The first-order valence-electron chi connectivity index (χ1n) is 5.58. The van der Waals surface area contributed by atoms with Crippen LogP contribution in [0.2, 0.25) is 0 Å². The monoisotopic (exact) mass is 254 g/mol. The number of hydrogen-bond donors (Lipinski definition) is 2. The molecule has 0 saturated carbocycles. The predicted molar refractivity (Wildman–Crippen MR) is 63.4 cm³/mol. The van der Waals surface area contributed by atoms with E-state index in [9.17, 15) is 14.7 Å². The molecule has 0 aromatic carbocycles. The zero-order valence-corrected chi connectivity index (χ0v) is 10.1. The van der Waals surface area contributed by atoms with Crippen molar-refractivity contribution in [3.63, 3.8) is 0 Å². The van der Waals surface area contributed by atoms with Crippen LogP contribution in [0.25, 0.3) is 0 Å². The Labute approximate surface area is 103 Å². The second-order valence-corrected chi connectivity index (χ2v) is 5.39. The molecule has 5 heteroatoms. The summed E-state index contributed by atoms with van der Waals surface area (Å²) >= 11 is 1.57. The summed E-state index contributed by atoms with van der Waals surface area (Å²) in [6.07, 6.45) is 2.36. The van der Waals surface area contributed by atoms with E-state index in [4.69, 9.17) is 5.11 Å². The first-order valence-corrected chi connectivity index (χ1v) is 6.46. The van der Waals surface area contributed by atoms with Crippen molar-refractivity contribution >= 4 is 23.3 Å². The Balaban J connectivity index is 2.36. The van der Waals surface area contributed by atoms with Crippen LogP contribution in [0.3, 0.4) is 0 Å². The Kier molecular flexibility index (Phi) is 3.19. The maximum atomic E-state index is 11.6. The molecule has 1 heterocycles. The summed E-state index contributed by atoms with van der Waals surface area (Å²) in [6.45, 7) is 0. The summed E-state index contributed by atoms with van der Waals surface area (Å²) in [5.41, 5.74) is -0.145. The van der Waals surface area contributed by atoms with E-state index in [1.165, 1.54) is 0 Å². The third-order valence-electron chi connectivity index (χ3n) is 3.44. The molecule has 0 fully saturated rings. The van der Waals surface area contributed by atoms with Gasteiger partial charge in [0.2, 0.25) is 0 Å². The molecule has 1 aliphatic rings. The molecule has 4 nitrogen and oxygen atoms in total.